The van der Waals surface area contributed by atoms with Crippen LogP contribution in [0.4, 0.5) is 5.69 Å². The third-order valence-electron chi connectivity index (χ3n) is 6.69. The molecule has 1 atom stereocenters. The Morgan fingerprint density at radius 1 is 0.789 bits per heavy atom. The standard InChI is InChI=1S/C29H51NO7S/c1-2-3-4-5-6-7-8-9-10-11-12-13-14-15-16-17-18-19-23-36-25-28(31)26-37-38(34,35)29-22-20-21-27(24-29)30(32)33/h20-22,24,28,31H,2-19,23,25-26H2,1H3/t28-/m1/s1. The van der Waals surface area contributed by atoms with Gasteiger partial charge in [0.1, 0.15) is 11.0 Å². The van der Waals surface area contributed by atoms with Gasteiger partial charge in [-0.1, -0.05) is 122 Å². The van der Waals surface area contributed by atoms with Crippen LogP contribution in [0.5, 0.6) is 0 Å². The van der Waals surface area contributed by atoms with Gasteiger partial charge in [-0.3, -0.25) is 14.3 Å². The molecule has 0 aliphatic carbocycles. The normalized spacial score (nSPS) is 12.6. The molecule has 0 aliphatic rings. The molecule has 38 heavy (non-hydrogen) atoms. The van der Waals surface area contributed by atoms with Crippen LogP contribution in [0.2, 0.25) is 0 Å². The second-order valence-electron chi connectivity index (χ2n) is 10.2. The molecule has 220 valence electrons. The number of benzene rings is 1. The first-order valence-corrected chi connectivity index (χ1v) is 16.2. The Hall–Kier alpha value is -1.55. The van der Waals surface area contributed by atoms with Crippen molar-refractivity contribution in [1.29, 1.82) is 0 Å². The molecule has 0 heterocycles. The van der Waals surface area contributed by atoms with E-state index in [1.165, 1.54) is 121 Å². The van der Waals surface area contributed by atoms with Crippen molar-refractivity contribution in [2.75, 3.05) is 19.8 Å². The Morgan fingerprint density at radius 3 is 1.74 bits per heavy atom. The fraction of sp³-hybridized carbons (Fsp3) is 0.793. The van der Waals surface area contributed by atoms with E-state index >= 15 is 0 Å². The Balaban J connectivity index is 1.90. The number of rotatable bonds is 26. The largest absolute Gasteiger partial charge is 0.388 e. The number of nitro benzene ring substituents is 1. The average Bonchev–Trinajstić information content (AvgIpc) is 2.91. The number of nitro groups is 1. The summed E-state index contributed by atoms with van der Waals surface area (Å²) in [4.78, 5) is 9.81. The van der Waals surface area contributed by atoms with Crippen molar-refractivity contribution >= 4 is 15.8 Å². The Labute approximate surface area is 230 Å². The number of aliphatic hydroxyl groups is 1. The summed E-state index contributed by atoms with van der Waals surface area (Å²) < 4.78 is 34.6. The van der Waals surface area contributed by atoms with Crippen molar-refractivity contribution in [3.05, 3.63) is 34.4 Å². The lowest BCUT2D eigenvalue weighted by Crippen LogP contribution is -2.24. The van der Waals surface area contributed by atoms with E-state index in [1.54, 1.807) is 0 Å². The molecule has 0 aromatic heterocycles. The van der Waals surface area contributed by atoms with E-state index in [9.17, 15) is 23.6 Å². The number of non-ortho nitro benzene ring substituents is 1. The highest BCUT2D eigenvalue weighted by Gasteiger charge is 2.20. The molecule has 0 saturated heterocycles. The van der Waals surface area contributed by atoms with Crippen LogP contribution in [0.15, 0.2) is 29.2 Å². The van der Waals surface area contributed by atoms with E-state index < -0.39 is 27.8 Å². The van der Waals surface area contributed by atoms with Gasteiger partial charge in [-0.2, -0.15) is 8.42 Å². The van der Waals surface area contributed by atoms with Crippen molar-refractivity contribution in [2.24, 2.45) is 0 Å². The Kier molecular flexibility index (Phi) is 20.2. The fourth-order valence-electron chi connectivity index (χ4n) is 4.36. The van der Waals surface area contributed by atoms with E-state index in [2.05, 4.69) is 6.92 Å². The maximum atomic E-state index is 12.2. The molecule has 1 rings (SSSR count). The smallest absolute Gasteiger partial charge is 0.297 e. The molecule has 1 aromatic rings. The van der Waals surface area contributed by atoms with Gasteiger partial charge >= 0.3 is 0 Å². The lowest BCUT2D eigenvalue weighted by molar-refractivity contribution is -0.385. The first-order chi connectivity index (χ1) is 18.4. The molecule has 8 nitrogen and oxygen atoms in total. The van der Waals surface area contributed by atoms with E-state index in [-0.39, 0.29) is 17.2 Å². The van der Waals surface area contributed by atoms with Crippen LogP contribution in [0, 0.1) is 10.1 Å². The van der Waals surface area contributed by atoms with Gasteiger partial charge in [-0.05, 0) is 12.5 Å². The molecule has 0 spiro atoms. The summed E-state index contributed by atoms with van der Waals surface area (Å²) in [6.45, 7) is 2.28. The van der Waals surface area contributed by atoms with E-state index in [0.717, 1.165) is 18.9 Å². The minimum atomic E-state index is -4.20. The van der Waals surface area contributed by atoms with E-state index in [4.69, 9.17) is 8.92 Å². The summed E-state index contributed by atoms with van der Waals surface area (Å²) in [5.74, 6) is 0. The highest BCUT2D eigenvalue weighted by Crippen LogP contribution is 2.19. The average molecular weight is 558 g/mol. The topological polar surface area (TPSA) is 116 Å². The van der Waals surface area contributed by atoms with Crippen LogP contribution in [-0.4, -0.2) is 44.4 Å². The highest BCUT2D eigenvalue weighted by molar-refractivity contribution is 7.86. The molecular formula is C29H51NO7S. The van der Waals surface area contributed by atoms with Crippen LogP contribution >= 0.6 is 0 Å². The second-order valence-corrected chi connectivity index (χ2v) is 11.8. The van der Waals surface area contributed by atoms with Crippen molar-refractivity contribution < 1.29 is 27.4 Å². The summed E-state index contributed by atoms with van der Waals surface area (Å²) >= 11 is 0. The number of hydrogen-bond donors (Lipinski definition) is 1. The SMILES string of the molecule is CCCCCCCCCCCCCCCCCCCCOC[C@@H](O)COS(=O)(=O)c1cccc([N+](=O)[O-])c1. The molecular weight excluding hydrogens is 506 g/mol. The number of unbranched alkanes of at least 4 members (excludes halogenated alkanes) is 17. The molecule has 1 aromatic carbocycles. The minimum absolute atomic E-state index is 0.0244. The number of hydrogen-bond acceptors (Lipinski definition) is 7. The predicted octanol–water partition coefficient (Wildman–Crippen LogP) is 7.72. The summed E-state index contributed by atoms with van der Waals surface area (Å²) in [6.07, 6.45) is 22.6. The van der Waals surface area contributed by atoms with Crippen LogP contribution in [0.1, 0.15) is 122 Å². The molecule has 0 unspecified atom stereocenters. The maximum absolute atomic E-state index is 12.2. The number of aliphatic hydroxyl groups excluding tert-OH is 1. The number of ether oxygens (including phenoxy) is 1. The molecule has 1 N–H and O–H groups in total. The van der Waals surface area contributed by atoms with Crippen LogP contribution in [-0.2, 0) is 19.0 Å². The summed E-state index contributed by atoms with van der Waals surface area (Å²) in [6, 6.07) is 4.61. The van der Waals surface area contributed by atoms with Crippen LogP contribution in [0.25, 0.3) is 0 Å². The lowest BCUT2D eigenvalue weighted by atomic mass is 10.0. The van der Waals surface area contributed by atoms with Crippen molar-refractivity contribution in [2.45, 2.75) is 133 Å². The third kappa shape index (κ3) is 17.9. The monoisotopic (exact) mass is 557 g/mol. The zero-order chi connectivity index (χ0) is 27.9. The zero-order valence-corrected chi connectivity index (χ0v) is 24.3. The molecule has 0 bridgehead atoms. The lowest BCUT2D eigenvalue weighted by Gasteiger charge is -2.12. The van der Waals surface area contributed by atoms with Gasteiger partial charge in [0.25, 0.3) is 15.8 Å². The molecule has 9 heteroatoms. The van der Waals surface area contributed by atoms with Crippen molar-refractivity contribution in [1.82, 2.24) is 0 Å². The molecule has 0 radical (unpaired) electrons. The number of nitrogens with zero attached hydrogens (tertiary/aromatic N) is 1. The van der Waals surface area contributed by atoms with Crippen LogP contribution < -0.4 is 0 Å². The fourth-order valence-corrected chi connectivity index (χ4v) is 5.34. The zero-order valence-electron chi connectivity index (χ0n) is 23.5. The van der Waals surface area contributed by atoms with Gasteiger partial charge in [-0.15, -0.1) is 0 Å². The summed E-state index contributed by atoms with van der Waals surface area (Å²) in [5.41, 5.74) is -0.345. The minimum Gasteiger partial charge on any atom is -0.388 e. The van der Waals surface area contributed by atoms with Gasteiger partial charge in [-0.25, -0.2) is 0 Å². The first kappa shape index (κ1) is 34.5. The van der Waals surface area contributed by atoms with Crippen LogP contribution in [0.3, 0.4) is 0 Å². The highest BCUT2D eigenvalue weighted by atomic mass is 32.2. The maximum Gasteiger partial charge on any atom is 0.297 e. The van der Waals surface area contributed by atoms with Crippen molar-refractivity contribution in [3.63, 3.8) is 0 Å². The second kappa shape index (κ2) is 22.3. The summed E-state index contributed by atoms with van der Waals surface area (Å²) in [7, 11) is -4.20. The van der Waals surface area contributed by atoms with Gasteiger partial charge in [0.05, 0.1) is 18.1 Å². The van der Waals surface area contributed by atoms with Gasteiger partial charge in [0.15, 0.2) is 0 Å². The summed E-state index contributed by atoms with van der Waals surface area (Å²) in [5, 5.41) is 20.7. The molecule has 0 fully saturated rings. The van der Waals surface area contributed by atoms with E-state index in [0.29, 0.717) is 6.61 Å². The van der Waals surface area contributed by atoms with Gasteiger partial charge in [0.2, 0.25) is 0 Å². The predicted molar refractivity (Wildman–Crippen MR) is 152 cm³/mol. The van der Waals surface area contributed by atoms with Crippen molar-refractivity contribution in [3.8, 4) is 0 Å². The third-order valence-corrected chi connectivity index (χ3v) is 7.96. The van der Waals surface area contributed by atoms with E-state index in [1.807, 2.05) is 0 Å². The molecule has 0 saturated carbocycles. The van der Waals surface area contributed by atoms with Gasteiger partial charge in [0, 0.05) is 18.7 Å². The quantitative estimate of drug-likeness (QED) is 0.0536. The Morgan fingerprint density at radius 2 is 1.26 bits per heavy atom. The Bertz CT molecular complexity index is 832. The molecule has 0 amide bonds. The van der Waals surface area contributed by atoms with Gasteiger partial charge < -0.3 is 9.84 Å². The molecule has 0 aliphatic heterocycles. The first-order valence-electron chi connectivity index (χ1n) is 14.8.